The van der Waals surface area contributed by atoms with E-state index in [2.05, 4.69) is 15.3 Å². The molecule has 0 aliphatic carbocycles. The van der Waals surface area contributed by atoms with Crippen molar-refractivity contribution in [3.63, 3.8) is 0 Å². The highest BCUT2D eigenvalue weighted by Gasteiger charge is 2.16. The van der Waals surface area contributed by atoms with Gasteiger partial charge in [0.15, 0.2) is 5.82 Å². The first-order valence-corrected chi connectivity index (χ1v) is 8.88. The summed E-state index contributed by atoms with van der Waals surface area (Å²) < 4.78 is 5.25. The third-order valence-electron chi connectivity index (χ3n) is 3.58. The van der Waals surface area contributed by atoms with Crippen molar-refractivity contribution >= 4 is 23.4 Å². The number of anilines is 1. The van der Waals surface area contributed by atoms with Gasteiger partial charge in [0.1, 0.15) is 5.60 Å². The average Bonchev–Trinajstić information content (AvgIpc) is 2.62. The Balaban J connectivity index is 1.82. The van der Waals surface area contributed by atoms with E-state index in [9.17, 15) is 4.79 Å². The van der Waals surface area contributed by atoms with Crippen LogP contribution < -0.4 is 5.32 Å². The van der Waals surface area contributed by atoms with Crippen LogP contribution in [0.5, 0.6) is 0 Å². The number of nitrogens with zero attached hydrogens (tertiary/aromatic N) is 2. The first-order chi connectivity index (χ1) is 12.8. The standard InChI is InChI=1S/C21H20ClN3O2/c1-21(2,3)27-20(26)24-16-11-9-14(10-12-16)18-17(22)13-23-19(25-18)15-7-5-4-6-8-15/h4-13H,1-3H3,(H,24,26). The number of hydrogen-bond acceptors (Lipinski definition) is 4. The Morgan fingerprint density at radius 3 is 2.30 bits per heavy atom. The number of carbonyl (C=O) groups is 1. The lowest BCUT2D eigenvalue weighted by molar-refractivity contribution is 0.0636. The second-order valence-electron chi connectivity index (χ2n) is 6.96. The minimum atomic E-state index is -0.549. The van der Waals surface area contributed by atoms with Gasteiger partial charge in [0.25, 0.3) is 0 Å². The van der Waals surface area contributed by atoms with Gasteiger partial charge in [-0.3, -0.25) is 5.32 Å². The van der Waals surface area contributed by atoms with Crippen molar-refractivity contribution in [2.24, 2.45) is 0 Å². The fourth-order valence-electron chi connectivity index (χ4n) is 2.43. The van der Waals surface area contributed by atoms with Crippen LogP contribution in [0.15, 0.2) is 60.8 Å². The highest BCUT2D eigenvalue weighted by atomic mass is 35.5. The maximum absolute atomic E-state index is 11.9. The molecule has 0 aliphatic heterocycles. The Morgan fingerprint density at radius 1 is 1.00 bits per heavy atom. The van der Waals surface area contributed by atoms with E-state index in [0.717, 1.165) is 11.1 Å². The van der Waals surface area contributed by atoms with E-state index >= 15 is 0 Å². The lowest BCUT2D eigenvalue weighted by Crippen LogP contribution is -2.27. The van der Waals surface area contributed by atoms with Crippen LogP contribution in [0.2, 0.25) is 5.02 Å². The third kappa shape index (κ3) is 5.05. The fourth-order valence-corrected chi connectivity index (χ4v) is 2.63. The van der Waals surface area contributed by atoms with E-state index in [-0.39, 0.29) is 0 Å². The topological polar surface area (TPSA) is 64.1 Å². The second-order valence-corrected chi connectivity index (χ2v) is 7.37. The van der Waals surface area contributed by atoms with E-state index < -0.39 is 11.7 Å². The van der Waals surface area contributed by atoms with Crippen LogP contribution in [-0.2, 0) is 4.74 Å². The van der Waals surface area contributed by atoms with E-state index in [0.29, 0.717) is 22.2 Å². The van der Waals surface area contributed by atoms with Gasteiger partial charge in [-0.1, -0.05) is 54.1 Å². The molecule has 0 saturated heterocycles. The molecular weight excluding hydrogens is 362 g/mol. The van der Waals surface area contributed by atoms with Gasteiger partial charge in [0, 0.05) is 16.8 Å². The number of rotatable bonds is 3. The summed E-state index contributed by atoms with van der Waals surface area (Å²) in [7, 11) is 0. The maximum atomic E-state index is 11.9. The predicted molar refractivity (Wildman–Crippen MR) is 108 cm³/mol. The molecule has 1 aromatic heterocycles. The number of benzene rings is 2. The van der Waals surface area contributed by atoms with Crippen LogP contribution in [0.25, 0.3) is 22.6 Å². The maximum Gasteiger partial charge on any atom is 0.412 e. The van der Waals surface area contributed by atoms with Gasteiger partial charge in [-0.2, -0.15) is 0 Å². The Hall–Kier alpha value is -2.92. The van der Waals surface area contributed by atoms with Crippen molar-refractivity contribution < 1.29 is 9.53 Å². The Morgan fingerprint density at radius 2 is 1.67 bits per heavy atom. The number of hydrogen-bond donors (Lipinski definition) is 1. The summed E-state index contributed by atoms with van der Waals surface area (Å²) in [6.07, 6.45) is 1.10. The molecule has 0 fully saturated rings. The molecular formula is C21H20ClN3O2. The van der Waals surface area contributed by atoms with Crippen molar-refractivity contribution in [1.82, 2.24) is 9.97 Å². The monoisotopic (exact) mass is 381 g/mol. The van der Waals surface area contributed by atoms with Crippen molar-refractivity contribution in [1.29, 1.82) is 0 Å². The molecule has 2 aromatic carbocycles. The number of nitrogens with one attached hydrogen (secondary N) is 1. The molecule has 0 aliphatic rings. The first kappa shape index (κ1) is 18.9. The fraction of sp³-hybridized carbons (Fsp3) is 0.190. The van der Waals surface area contributed by atoms with Crippen LogP contribution in [0, 0.1) is 0 Å². The number of carbonyl (C=O) groups excluding carboxylic acids is 1. The molecule has 1 amide bonds. The highest BCUT2D eigenvalue weighted by Crippen LogP contribution is 2.28. The minimum absolute atomic E-state index is 0.461. The van der Waals surface area contributed by atoms with Crippen molar-refractivity contribution in [2.75, 3.05) is 5.32 Å². The number of ether oxygens (including phenoxy) is 1. The Labute approximate surface area is 163 Å². The zero-order valence-electron chi connectivity index (χ0n) is 15.4. The molecule has 5 nitrogen and oxygen atoms in total. The lowest BCUT2D eigenvalue weighted by Gasteiger charge is -2.19. The molecule has 0 saturated carbocycles. The SMILES string of the molecule is CC(C)(C)OC(=O)Nc1ccc(-c2nc(-c3ccccc3)ncc2Cl)cc1. The molecule has 0 unspecified atom stereocenters. The molecule has 1 N–H and O–H groups in total. The zero-order valence-corrected chi connectivity index (χ0v) is 16.1. The molecule has 1 heterocycles. The van der Waals surface area contributed by atoms with Crippen LogP contribution in [0.4, 0.5) is 10.5 Å². The number of aromatic nitrogens is 2. The molecule has 0 atom stereocenters. The average molecular weight is 382 g/mol. The van der Waals surface area contributed by atoms with E-state index in [1.54, 1.807) is 18.3 Å². The Kier molecular flexibility index (Phi) is 5.42. The van der Waals surface area contributed by atoms with Crippen LogP contribution in [0.1, 0.15) is 20.8 Å². The van der Waals surface area contributed by atoms with Crippen molar-refractivity contribution in [3.8, 4) is 22.6 Å². The minimum Gasteiger partial charge on any atom is -0.444 e. The second kappa shape index (κ2) is 7.76. The smallest absolute Gasteiger partial charge is 0.412 e. The third-order valence-corrected chi connectivity index (χ3v) is 3.86. The van der Waals surface area contributed by atoms with Crippen LogP contribution in [0.3, 0.4) is 0 Å². The summed E-state index contributed by atoms with van der Waals surface area (Å²) in [5.74, 6) is 0.603. The predicted octanol–water partition coefficient (Wildman–Crippen LogP) is 5.81. The molecule has 138 valence electrons. The molecule has 3 aromatic rings. The van der Waals surface area contributed by atoms with Crippen LogP contribution >= 0.6 is 11.6 Å². The van der Waals surface area contributed by atoms with Crippen molar-refractivity contribution in [2.45, 2.75) is 26.4 Å². The highest BCUT2D eigenvalue weighted by molar-refractivity contribution is 6.32. The van der Waals surface area contributed by atoms with Gasteiger partial charge < -0.3 is 4.74 Å². The molecule has 3 rings (SSSR count). The van der Waals surface area contributed by atoms with E-state index in [4.69, 9.17) is 16.3 Å². The zero-order chi connectivity index (χ0) is 19.4. The van der Waals surface area contributed by atoms with E-state index in [1.165, 1.54) is 0 Å². The van der Waals surface area contributed by atoms with E-state index in [1.807, 2.05) is 63.2 Å². The number of halogens is 1. The van der Waals surface area contributed by atoms with Gasteiger partial charge in [0.05, 0.1) is 16.9 Å². The molecule has 0 radical (unpaired) electrons. The summed E-state index contributed by atoms with van der Waals surface area (Å²) >= 11 is 6.30. The van der Waals surface area contributed by atoms with Gasteiger partial charge in [-0.05, 0) is 32.9 Å². The first-order valence-electron chi connectivity index (χ1n) is 8.50. The molecule has 27 heavy (non-hydrogen) atoms. The number of amides is 1. The summed E-state index contributed by atoms with van der Waals surface area (Å²) in [4.78, 5) is 20.8. The Bertz CT molecular complexity index is 936. The molecule has 0 bridgehead atoms. The lowest BCUT2D eigenvalue weighted by atomic mass is 10.1. The van der Waals surface area contributed by atoms with Gasteiger partial charge >= 0.3 is 6.09 Å². The summed E-state index contributed by atoms with van der Waals surface area (Å²) in [5, 5.41) is 3.16. The largest absolute Gasteiger partial charge is 0.444 e. The van der Waals surface area contributed by atoms with Gasteiger partial charge in [-0.15, -0.1) is 0 Å². The van der Waals surface area contributed by atoms with Gasteiger partial charge in [-0.25, -0.2) is 14.8 Å². The summed E-state index contributed by atoms with van der Waals surface area (Å²) in [6, 6.07) is 16.9. The summed E-state index contributed by atoms with van der Waals surface area (Å²) in [6.45, 7) is 5.45. The molecule has 6 heteroatoms. The summed E-state index contributed by atoms with van der Waals surface area (Å²) in [5.41, 5.74) is 2.45. The van der Waals surface area contributed by atoms with Crippen molar-refractivity contribution in [3.05, 3.63) is 65.8 Å². The van der Waals surface area contributed by atoms with Crippen LogP contribution in [-0.4, -0.2) is 21.7 Å². The van der Waals surface area contributed by atoms with Gasteiger partial charge in [0.2, 0.25) is 0 Å². The quantitative estimate of drug-likeness (QED) is 0.621. The molecule has 0 spiro atoms. The normalized spacial score (nSPS) is 11.1.